The van der Waals surface area contributed by atoms with Crippen molar-refractivity contribution >= 4 is 17.5 Å². The number of nitrogens with zero attached hydrogens (tertiary/aromatic N) is 2. The summed E-state index contributed by atoms with van der Waals surface area (Å²) in [7, 11) is 4.28. The van der Waals surface area contributed by atoms with E-state index in [0.717, 1.165) is 37.9 Å². The molecule has 0 bridgehead atoms. The van der Waals surface area contributed by atoms with E-state index in [-0.39, 0.29) is 23.3 Å². The lowest BCUT2D eigenvalue weighted by atomic mass is 9.78. The molecule has 2 N–H and O–H groups in total. The minimum atomic E-state index is -0.225. The number of halogens is 1. The Bertz CT molecular complexity index is 831. The standard InChI is InChI=1S/C25H34ClN3O/c1-4-22(19-9-8-12-21(26)17-19)23(18-27)24(30)29-15-13-25(14-16-29,28(2)3)20-10-6-5-7-11-20/h5-12,17,22-23H,4,13-16,18,27H2,1-3H3. The molecule has 0 saturated carbocycles. The van der Waals surface area contributed by atoms with Crippen LogP contribution in [-0.4, -0.2) is 49.4 Å². The van der Waals surface area contributed by atoms with E-state index >= 15 is 0 Å². The number of carbonyl (C=O) groups is 1. The molecule has 1 aliphatic rings. The fourth-order valence-electron chi connectivity index (χ4n) is 5.00. The molecule has 0 spiro atoms. The number of rotatable bonds is 7. The molecule has 1 amide bonds. The lowest BCUT2D eigenvalue weighted by molar-refractivity contribution is -0.138. The Labute approximate surface area is 186 Å². The number of likely N-dealkylation sites (tertiary alicyclic amines) is 1. The molecule has 30 heavy (non-hydrogen) atoms. The molecule has 5 heteroatoms. The van der Waals surface area contributed by atoms with Crippen molar-refractivity contribution in [2.75, 3.05) is 33.7 Å². The van der Waals surface area contributed by atoms with Gasteiger partial charge in [0.25, 0.3) is 0 Å². The van der Waals surface area contributed by atoms with Gasteiger partial charge in [0.15, 0.2) is 0 Å². The van der Waals surface area contributed by atoms with Gasteiger partial charge in [-0.2, -0.15) is 0 Å². The maximum atomic E-state index is 13.5. The van der Waals surface area contributed by atoms with Gasteiger partial charge in [-0.1, -0.05) is 61.0 Å². The van der Waals surface area contributed by atoms with Crippen molar-refractivity contribution in [3.8, 4) is 0 Å². The molecule has 2 aromatic carbocycles. The summed E-state index contributed by atoms with van der Waals surface area (Å²) in [5, 5.41) is 0.700. The van der Waals surface area contributed by atoms with Crippen LogP contribution in [-0.2, 0) is 10.3 Å². The topological polar surface area (TPSA) is 49.6 Å². The number of hydrogen-bond acceptors (Lipinski definition) is 3. The van der Waals surface area contributed by atoms with E-state index in [0.29, 0.717) is 11.6 Å². The Morgan fingerprint density at radius 3 is 2.33 bits per heavy atom. The second-order valence-electron chi connectivity index (χ2n) is 8.53. The number of piperidine rings is 1. The van der Waals surface area contributed by atoms with Crippen LogP contribution in [0.1, 0.15) is 43.2 Å². The van der Waals surface area contributed by atoms with E-state index < -0.39 is 0 Å². The summed E-state index contributed by atoms with van der Waals surface area (Å²) in [4.78, 5) is 17.8. The average molecular weight is 428 g/mol. The molecule has 1 heterocycles. The highest BCUT2D eigenvalue weighted by molar-refractivity contribution is 6.30. The zero-order chi connectivity index (χ0) is 21.7. The van der Waals surface area contributed by atoms with E-state index in [1.807, 2.05) is 23.1 Å². The SMILES string of the molecule is CCC(c1cccc(Cl)c1)C(CN)C(=O)N1CCC(c2ccccc2)(N(C)C)CC1. The molecule has 2 aromatic rings. The first-order valence-electron chi connectivity index (χ1n) is 10.9. The largest absolute Gasteiger partial charge is 0.342 e. The third kappa shape index (κ3) is 4.56. The molecule has 2 unspecified atom stereocenters. The first-order valence-corrected chi connectivity index (χ1v) is 11.3. The lowest BCUT2D eigenvalue weighted by Crippen LogP contribution is -2.53. The van der Waals surface area contributed by atoms with Crippen LogP contribution in [0, 0.1) is 5.92 Å². The highest BCUT2D eigenvalue weighted by Gasteiger charge is 2.41. The molecule has 3 rings (SSSR count). The number of nitrogens with two attached hydrogens (primary N) is 1. The highest BCUT2D eigenvalue weighted by Crippen LogP contribution is 2.38. The summed E-state index contributed by atoms with van der Waals surface area (Å²) in [5.74, 6) is 0.0256. The van der Waals surface area contributed by atoms with E-state index in [4.69, 9.17) is 17.3 Å². The van der Waals surface area contributed by atoms with Crippen LogP contribution < -0.4 is 5.73 Å². The second-order valence-corrected chi connectivity index (χ2v) is 8.97. The Hall–Kier alpha value is -1.88. The van der Waals surface area contributed by atoms with Gasteiger partial charge in [0.05, 0.1) is 5.92 Å². The number of hydrogen-bond donors (Lipinski definition) is 1. The maximum absolute atomic E-state index is 13.5. The van der Waals surface area contributed by atoms with Crippen molar-refractivity contribution in [3.05, 3.63) is 70.7 Å². The first kappa shape index (κ1) is 22.8. The van der Waals surface area contributed by atoms with Crippen LogP contribution in [0.25, 0.3) is 0 Å². The van der Waals surface area contributed by atoms with E-state index in [1.165, 1.54) is 5.56 Å². The van der Waals surface area contributed by atoms with E-state index in [2.05, 4.69) is 62.3 Å². The predicted molar refractivity (Wildman–Crippen MR) is 125 cm³/mol. The highest BCUT2D eigenvalue weighted by atomic mass is 35.5. The minimum Gasteiger partial charge on any atom is -0.342 e. The molecule has 2 atom stereocenters. The van der Waals surface area contributed by atoms with Gasteiger partial charge in [-0.25, -0.2) is 0 Å². The van der Waals surface area contributed by atoms with Crippen molar-refractivity contribution in [3.63, 3.8) is 0 Å². The van der Waals surface area contributed by atoms with Crippen LogP contribution in [0.5, 0.6) is 0 Å². The molecule has 4 nitrogen and oxygen atoms in total. The molecule has 0 radical (unpaired) electrons. The summed E-state index contributed by atoms with van der Waals surface area (Å²) < 4.78 is 0. The Balaban J connectivity index is 1.77. The zero-order valence-corrected chi connectivity index (χ0v) is 19.1. The number of amides is 1. The third-order valence-corrected chi connectivity index (χ3v) is 7.08. The molecular weight excluding hydrogens is 394 g/mol. The number of carbonyl (C=O) groups excluding carboxylic acids is 1. The predicted octanol–water partition coefficient (Wildman–Crippen LogP) is 4.49. The van der Waals surface area contributed by atoms with Crippen LogP contribution >= 0.6 is 11.6 Å². The van der Waals surface area contributed by atoms with Crippen molar-refractivity contribution in [1.82, 2.24) is 9.80 Å². The fourth-order valence-corrected chi connectivity index (χ4v) is 5.20. The van der Waals surface area contributed by atoms with E-state index in [1.54, 1.807) is 0 Å². The van der Waals surface area contributed by atoms with Crippen molar-refractivity contribution in [2.24, 2.45) is 11.7 Å². The molecule has 1 fully saturated rings. The summed E-state index contributed by atoms with van der Waals surface area (Å²) in [6, 6.07) is 18.5. The summed E-state index contributed by atoms with van der Waals surface area (Å²) in [6.07, 6.45) is 2.69. The smallest absolute Gasteiger partial charge is 0.227 e. The van der Waals surface area contributed by atoms with Crippen molar-refractivity contribution in [1.29, 1.82) is 0 Å². The van der Waals surface area contributed by atoms with Gasteiger partial charge < -0.3 is 10.6 Å². The van der Waals surface area contributed by atoms with Gasteiger partial charge >= 0.3 is 0 Å². The molecule has 0 aromatic heterocycles. The fraction of sp³-hybridized carbons (Fsp3) is 0.480. The van der Waals surface area contributed by atoms with Gasteiger partial charge in [-0.05, 0) is 62.5 Å². The molecule has 1 aliphatic heterocycles. The van der Waals surface area contributed by atoms with Crippen LogP contribution in [0.2, 0.25) is 5.02 Å². The zero-order valence-electron chi connectivity index (χ0n) is 18.4. The van der Waals surface area contributed by atoms with Gasteiger partial charge in [-0.3, -0.25) is 9.69 Å². The molecule has 1 saturated heterocycles. The minimum absolute atomic E-state index is 0.0344. The summed E-state index contributed by atoms with van der Waals surface area (Å²) in [6.45, 7) is 3.95. The van der Waals surface area contributed by atoms with Gasteiger partial charge in [0.1, 0.15) is 0 Å². The first-order chi connectivity index (χ1) is 14.4. The normalized spacial score (nSPS) is 18.3. The average Bonchev–Trinajstić information content (AvgIpc) is 2.77. The van der Waals surface area contributed by atoms with E-state index in [9.17, 15) is 4.79 Å². The second kappa shape index (κ2) is 9.95. The molecule has 0 aliphatic carbocycles. The van der Waals surface area contributed by atoms with Crippen LogP contribution in [0.3, 0.4) is 0 Å². The maximum Gasteiger partial charge on any atom is 0.227 e. The molecular formula is C25H34ClN3O. The summed E-state index contributed by atoms with van der Waals surface area (Å²) >= 11 is 6.21. The van der Waals surface area contributed by atoms with Gasteiger partial charge in [0.2, 0.25) is 5.91 Å². The van der Waals surface area contributed by atoms with Gasteiger partial charge in [0, 0.05) is 30.2 Å². The van der Waals surface area contributed by atoms with Crippen LogP contribution in [0.4, 0.5) is 0 Å². The van der Waals surface area contributed by atoms with Crippen LogP contribution in [0.15, 0.2) is 54.6 Å². The van der Waals surface area contributed by atoms with Crippen molar-refractivity contribution < 1.29 is 4.79 Å². The third-order valence-electron chi connectivity index (χ3n) is 6.84. The summed E-state index contributed by atoms with van der Waals surface area (Å²) in [5.41, 5.74) is 8.52. The monoisotopic (exact) mass is 427 g/mol. The number of benzene rings is 2. The Kier molecular flexibility index (Phi) is 7.56. The Morgan fingerprint density at radius 1 is 1.13 bits per heavy atom. The lowest BCUT2D eigenvalue weighted by Gasteiger charge is -2.47. The Morgan fingerprint density at radius 2 is 1.80 bits per heavy atom. The van der Waals surface area contributed by atoms with Crippen molar-refractivity contribution in [2.45, 2.75) is 37.6 Å². The quantitative estimate of drug-likeness (QED) is 0.708. The molecule has 162 valence electrons. The van der Waals surface area contributed by atoms with Gasteiger partial charge in [-0.15, -0.1) is 0 Å².